The third-order valence-electron chi connectivity index (χ3n) is 5.33. The Labute approximate surface area is 200 Å². The maximum atomic E-state index is 14.2. The summed E-state index contributed by atoms with van der Waals surface area (Å²) in [7, 11) is 1.33. The minimum absolute atomic E-state index is 0.125. The van der Waals surface area contributed by atoms with Crippen molar-refractivity contribution in [3.8, 4) is 11.5 Å². The number of methoxy groups -OCH3 is 1. The molecule has 0 saturated carbocycles. The molecule has 0 N–H and O–H groups in total. The van der Waals surface area contributed by atoms with Gasteiger partial charge >= 0.3 is 5.97 Å². The summed E-state index contributed by atoms with van der Waals surface area (Å²) in [6.07, 6.45) is 4.40. The second kappa shape index (κ2) is 11.8. The van der Waals surface area contributed by atoms with E-state index in [0.717, 1.165) is 27.8 Å². The Balaban J connectivity index is 1.56. The van der Waals surface area contributed by atoms with Gasteiger partial charge in [0, 0.05) is 5.56 Å². The van der Waals surface area contributed by atoms with Crippen LogP contribution in [-0.4, -0.2) is 19.7 Å². The van der Waals surface area contributed by atoms with Crippen molar-refractivity contribution in [2.75, 3.05) is 13.7 Å². The molecule has 0 amide bonds. The molecule has 0 aliphatic carbocycles. The lowest BCUT2D eigenvalue weighted by atomic mass is 9.98. The standard InChI is InChI=1S/C29H29FO4/c1-5-6-22-7-10-25(27(30)17-22)18-33-26-12-8-23(9-13-26)15-20(2)24-11-14-28(21(3)16-24)34-19-29(31)32-4/h5-14,16-17H,2,15,18-19H2,1,3-4H3/b6-5+. The van der Waals surface area contributed by atoms with Gasteiger partial charge in [0.2, 0.25) is 0 Å². The molecule has 3 aromatic carbocycles. The maximum Gasteiger partial charge on any atom is 0.343 e. The molecule has 0 bridgehead atoms. The number of halogens is 1. The Hall–Kier alpha value is -3.86. The number of carbonyl (C=O) groups is 1. The summed E-state index contributed by atoms with van der Waals surface area (Å²) in [6, 6.07) is 18.6. The number of hydrogen-bond acceptors (Lipinski definition) is 4. The van der Waals surface area contributed by atoms with Crippen molar-refractivity contribution in [2.24, 2.45) is 0 Å². The van der Waals surface area contributed by atoms with E-state index in [1.54, 1.807) is 6.07 Å². The lowest BCUT2D eigenvalue weighted by Crippen LogP contribution is -2.13. The Morgan fingerprint density at radius 2 is 1.79 bits per heavy atom. The molecule has 5 heteroatoms. The predicted molar refractivity (Wildman–Crippen MR) is 133 cm³/mol. The van der Waals surface area contributed by atoms with Gasteiger partial charge in [-0.2, -0.15) is 0 Å². The molecule has 0 atom stereocenters. The van der Waals surface area contributed by atoms with E-state index in [0.29, 0.717) is 23.5 Å². The highest BCUT2D eigenvalue weighted by molar-refractivity contribution is 5.71. The Morgan fingerprint density at radius 3 is 2.44 bits per heavy atom. The maximum absolute atomic E-state index is 14.2. The average Bonchev–Trinajstić information content (AvgIpc) is 2.83. The van der Waals surface area contributed by atoms with Crippen LogP contribution in [0.25, 0.3) is 11.6 Å². The second-order valence-electron chi connectivity index (χ2n) is 7.91. The number of benzene rings is 3. The molecule has 0 aliphatic heterocycles. The van der Waals surface area contributed by atoms with E-state index in [-0.39, 0.29) is 19.0 Å². The smallest absolute Gasteiger partial charge is 0.343 e. The molecular formula is C29H29FO4. The zero-order chi connectivity index (χ0) is 24.5. The molecule has 3 aromatic rings. The quantitative estimate of drug-likeness (QED) is 0.322. The van der Waals surface area contributed by atoms with Gasteiger partial charge in [0.1, 0.15) is 23.9 Å². The largest absolute Gasteiger partial charge is 0.489 e. The number of rotatable bonds is 10. The highest BCUT2D eigenvalue weighted by atomic mass is 19.1. The number of aryl methyl sites for hydroxylation is 1. The van der Waals surface area contributed by atoms with Gasteiger partial charge in [-0.05, 0) is 78.4 Å². The van der Waals surface area contributed by atoms with Gasteiger partial charge in [-0.25, -0.2) is 9.18 Å². The third-order valence-corrected chi connectivity index (χ3v) is 5.33. The molecule has 0 radical (unpaired) electrons. The first-order chi connectivity index (χ1) is 16.4. The third kappa shape index (κ3) is 6.82. The van der Waals surface area contributed by atoms with Crippen LogP contribution in [0.4, 0.5) is 4.39 Å². The summed E-state index contributed by atoms with van der Waals surface area (Å²) in [5.41, 5.74) is 5.30. The first kappa shape index (κ1) is 24.8. The van der Waals surface area contributed by atoms with E-state index >= 15 is 0 Å². The van der Waals surface area contributed by atoms with Crippen LogP contribution in [0.3, 0.4) is 0 Å². The number of esters is 1. The van der Waals surface area contributed by atoms with E-state index < -0.39 is 5.97 Å². The van der Waals surface area contributed by atoms with Crippen LogP contribution >= 0.6 is 0 Å². The number of carbonyl (C=O) groups excluding carboxylic acids is 1. The summed E-state index contributed by atoms with van der Waals surface area (Å²) in [5, 5.41) is 0. The minimum atomic E-state index is -0.423. The summed E-state index contributed by atoms with van der Waals surface area (Å²) >= 11 is 0. The molecule has 34 heavy (non-hydrogen) atoms. The molecule has 3 rings (SSSR count). The monoisotopic (exact) mass is 460 g/mol. The number of allylic oxidation sites excluding steroid dienone is 2. The average molecular weight is 461 g/mol. The van der Waals surface area contributed by atoms with Gasteiger partial charge in [0.25, 0.3) is 0 Å². The van der Waals surface area contributed by atoms with E-state index in [9.17, 15) is 9.18 Å². The van der Waals surface area contributed by atoms with Gasteiger partial charge in [0.05, 0.1) is 7.11 Å². The highest BCUT2D eigenvalue weighted by Crippen LogP contribution is 2.26. The summed E-state index contributed by atoms with van der Waals surface area (Å²) in [5.74, 6) is 0.610. The first-order valence-corrected chi connectivity index (χ1v) is 11.0. The van der Waals surface area contributed by atoms with E-state index in [1.165, 1.54) is 13.2 Å². The number of ether oxygens (including phenoxy) is 3. The van der Waals surface area contributed by atoms with E-state index in [4.69, 9.17) is 9.47 Å². The fourth-order valence-electron chi connectivity index (χ4n) is 3.42. The van der Waals surface area contributed by atoms with Gasteiger partial charge < -0.3 is 14.2 Å². The van der Waals surface area contributed by atoms with Crippen molar-refractivity contribution in [3.63, 3.8) is 0 Å². The van der Waals surface area contributed by atoms with Crippen molar-refractivity contribution in [3.05, 3.63) is 107 Å². The lowest BCUT2D eigenvalue weighted by Gasteiger charge is -2.12. The van der Waals surface area contributed by atoms with Gasteiger partial charge in [-0.3, -0.25) is 0 Å². The van der Waals surface area contributed by atoms with Crippen LogP contribution in [0.1, 0.15) is 34.7 Å². The van der Waals surface area contributed by atoms with Crippen molar-refractivity contribution in [1.82, 2.24) is 0 Å². The van der Waals surface area contributed by atoms with E-state index in [2.05, 4.69) is 11.3 Å². The SMILES string of the molecule is C=C(Cc1ccc(OCc2ccc(/C=C/C)cc2F)cc1)c1ccc(OCC(=O)OC)c(C)c1. The van der Waals surface area contributed by atoms with Crippen LogP contribution in [0.5, 0.6) is 11.5 Å². The fourth-order valence-corrected chi connectivity index (χ4v) is 3.42. The zero-order valence-corrected chi connectivity index (χ0v) is 19.8. The van der Waals surface area contributed by atoms with Crippen molar-refractivity contribution in [1.29, 1.82) is 0 Å². The normalized spacial score (nSPS) is 10.8. The van der Waals surface area contributed by atoms with Crippen molar-refractivity contribution < 1.29 is 23.4 Å². The lowest BCUT2D eigenvalue weighted by molar-refractivity contribution is -0.142. The second-order valence-corrected chi connectivity index (χ2v) is 7.91. The molecule has 0 heterocycles. The Bertz CT molecular complexity index is 1180. The minimum Gasteiger partial charge on any atom is -0.489 e. The predicted octanol–water partition coefficient (Wildman–Crippen LogP) is 6.55. The topological polar surface area (TPSA) is 44.8 Å². The first-order valence-electron chi connectivity index (χ1n) is 11.0. The zero-order valence-electron chi connectivity index (χ0n) is 19.8. The molecule has 0 spiro atoms. The molecule has 176 valence electrons. The molecule has 0 saturated heterocycles. The van der Waals surface area contributed by atoms with Crippen LogP contribution < -0.4 is 9.47 Å². The molecule has 0 unspecified atom stereocenters. The fraction of sp³-hybridized carbons (Fsp3) is 0.207. The van der Waals surface area contributed by atoms with Crippen LogP contribution in [0, 0.1) is 12.7 Å². The van der Waals surface area contributed by atoms with Gasteiger partial charge in [-0.1, -0.05) is 49.1 Å². The molecule has 0 fully saturated rings. The van der Waals surface area contributed by atoms with E-state index in [1.807, 2.05) is 74.5 Å². The van der Waals surface area contributed by atoms with Gasteiger partial charge in [0.15, 0.2) is 6.61 Å². The number of hydrogen-bond donors (Lipinski definition) is 0. The molecule has 0 aliphatic rings. The Morgan fingerprint density at radius 1 is 1.03 bits per heavy atom. The van der Waals surface area contributed by atoms with Crippen molar-refractivity contribution in [2.45, 2.75) is 26.9 Å². The van der Waals surface area contributed by atoms with Crippen LogP contribution in [0.2, 0.25) is 0 Å². The summed E-state index contributed by atoms with van der Waals surface area (Å²) in [4.78, 5) is 11.3. The summed E-state index contributed by atoms with van der Waals surface area (Å²) in [6.45, 7) is 8.07. The van der Waals surface area contributed by atoms with Crippen LogP contribution in [-0.2, 0) is 22.6 Å². The Kier molecular flexibility index (Phi) is 8.63. The molecule has 0 aromatic heterocycles. The summed E-state index contributed by atoms with van der Waals surface area (Å²) < 4.78 is 30.1. The molecular weight excluding hydrogens is 431 g/mol. The van der Waals surface area contributed by atoms with Crippen LogP contribution in [0.15, 0.2) is 73.3 Å². The van der Waals surface area contributed by atoms with Gasteiger partial charge in [-0.15, -0.1) is 0 Å². The van der Waals surface area contributed by atoms with Crippen molar-refractivity contribution >= 4 is 17.6 Å². The molecule has 4 nitrogen and oxygen atoms in total. The highest BCUT2D eigenvalue weighted by Gasteiger charge is 2.08.